The number of aryl methyl sites for hydroxylation is 4. The predicted molar refractivity (Wildman–Crippen MR) is 306 cm³/mol. The third kappa shape index (κ3) is 6.92. The van der Waals surface area contributed by atoms with Crippen molar-refractivity contribution in [1.29, 1.82) is 0 Å². The van der Waals surface area contributed by atoms with E-state index in [1.54, 1.807) is 0 Å². The molecule has 4 aromatic heterocycles. The van der Waals surface area contributed by atoms with Crippen LogP contribution in [0.3, 0.4) is 0 Å². The molecule has 0 aliphatic carbocycles. The van der Waals surface area contributed by atoms with E-state index < -0.39 is 0 Å². The summed E-state index contributed by atoms with van der Waals surface area (Å²) in [7, 11) is 0. The monoisotopic (exact) mass is 935 g/mol. The number of para-hydroxylation sites is 4. The molecule has 5 heteroatoms. The van der Waals surface area contributed by atoms with Crippen molar-refractivity contribution in [2.24, 2.45) is 0 Å². The Labute approximate surface area is 423 Å². The van der Waals surface area contributed by atoms with Crippen molar-refractivity contribution in [2.45, 2.75) is 27.7 Å². The lowest BCUT2D eigenvalue weighted by Crippen LogP contribution is -1.98. The van der Waals surface area contributed by atoms with Gasteiger partial charge in [0.25, 0.3) is 0 Å². The van der Waals surface area contributed by atoms with Gasteiger partial charge in [-0.2, -0.15) is 0 Å². The van der Waals surface area contributed by atoms with Crippen LogP contribution >= 0.6 is 0 Å². The number of nitrogens with zero attached hydrogens (tertiary/aromatic N) is 5. The molecule has 0 radical (unpaired) electrons. The van der Waals surface area contributed by atoms with Gasteiger partial charge in [0, 0.05) is 66.1 Å². The lowest BCUT2D eigenvalue weighted by molar-refractivity contribution is 1.16. The fourth-order valence-corrected chi connectivity index (χ4v) is 11.6. The van der Waals surface area contributed by atoms with Gasteiger partial charge in [-0.3, -0.25) is 0 Å². The van der Waals surface area contributed by atoms with Crippen LogP contribution in [-0.2, 0) is 0 Å². The molecule has 0 saturated heterocycles. The minimum absolute atomic E-state index is 0.721. The van der Waals surface area contributed by atoms with E-state index in [0.29, 0.717) is 0 Å². The second-order valence-electron chi connectivity index (χ2n) is 19.7. The molecule has 0 spiro atoms. The smallest absolute Gasteiger partial charge is 0.160 e. The highest BCUT2D eigenvalue weighted by Crippen LogP contribution is 2.41. The van der Waals surface area contributed by atoms with Crippen LogP contribution in [0.1, 0.15) is 22.3 Å². The first-order valence-electron chi connectivity index (χ1n) is 25.1. The summed E-state index contributed by atoms with van der Waals surface area (Å²) in [5.41, 5.74) is 22.7. The van der Waals surface area contributed by atoms with Gasteiger partial charge in [-0.05, 0) is 141 Å². The Kier molecular flexibility index (Phi) is 9.70. The lowest BCUT2D eigenvalue weighted by Gasteiger charge is -2.16. The summed E-state index contributed by atoms with van der Waals surface area (Å²) in [4.78, 5) is 10.3. The van der Waals surface area contributed by atoms with Gasteiger partial charge in [-0.1, -0.05) is 145 Å². The van der Waals surface area contributed by atoms with Crippen LogP contribution in [0.15, 0.2) is 224 Å². The average molecular weight is 936 g/mol. The second kappa shape index (κ2) is 16.6. The molecule has 0 bridgehead atoms. The third-order valence-corrected chi connectivity index (χ3v) is 15.0. The number of fused-ring (bicyclic) bond motifs is 9. The van der Waals surface area contributed by atoms with Crippen molar-refractivity contribution < 1.29 is 0 Å². The first-order valence-corrected chi connectivity index (χ1v) is 25.1. The molecule has 0 fully saturated rings. The van der Waals surface area contributed by atoms with Gasteiger partial charge in [0.05, 0.1) is 44.5 Å². The standard InChI is InChI=1S/C68H49N5/c1-42-21-25-46(26-22-42)59-41-60(70-68(69-59)48-27-23-43(2)24-28-48)49-37-44(3)67(45(4)38-49)47-29-31-50(32-30-47)71-65-35-33-51(72-61-17-9-5-13-53(61)54-14-6-10-18-62(54)72)39-57(65)58-40-52(34-36-66(58)71)73-63-19-11-7-15-55(63)56-16-8-12-20-64(56)73/h5-41H,1-4H3. The summed E-state index contributed by atoms with van der Waals surface area (Å²) in [6, 6.07) is 82.0. The molecule has 0 N–H and O–H groups in total. The summed E-state index contributed by atoms with van der Waals surface area (Å²) < 4.78 is 7.28. The molecule has 14 rings (SSSR count). The highest BCUT2D eigenvalue weighted by molar-refractivity contribution is 6.14. The fraction of sp³-hybridized carbons (Fsp3) is 0.0588. The molecule has 14 aromatic rings. The Hall–Kier alpha value is -9.32. The van der Waals surface area contributed by atoms with Crippen molar-refractivity contribution in [3.8, 4) is 62.1 Å². The van der Waals surface area contributed by atoms with Gasteiger partial charge < -0.3 is 13.7 Å². The zero-order valence-electron chi connectivity index (χ0n) is 41.1. The molecule has 0 atom stereocenters. The Morgan fingerprint density at radius 3 is 1.08 bits per heavy atom. The minimum atomic E-state index is 0.721. The quantitative estimate of drug-likeness (QED) is 0.160. The van der Waals surface area contributed by atoms with Gasteiger partial charge >= 0.3 is 0 Å². The van der Waals surface area contributed by atoms with Crippen LogP contribution in [-0.4, -0.2) is 23.7 Å². The van der Waals surface area contributed by atoms with E-state index in [1.165, 1.54) is 87.8 Å². The normalized spacial score (nSPS) is 11.8. The molecule has 0 aliphatic rings. The molecular weight excluding hydrogens is 887 g/mol. The van der Waals surface area contributed by atoms with E-state index in [1.807, 2.05) is 0 Å². The minimum Gasteiger partial charge on any atom is -0.309 e. The highest BCUT2D eigenvalue weighted by atomic mass is 15.0. The van der Waals surface area contributed by atoms with Crippen LogP contribution in [0.4, 0.5) is 0 Å². The fourth-order valence-electron chi connectivity index (χ4n) is 11.6. The van der Waals surface area contributed by atoms with Crippen LogP contribution in [0.2, 0.25) is 0 Å². The van der Waals surface area contributed by atoms with E-state index in [0.717, 1.165) is 62.0 Å². The largest absolute Gasteiger partial charge is 0.309 e. The second-order valence-corrected chi connectivity index (χ2v) is 19.7. The van der Waals surface area contributed by atoms with Crippen molar-refractivity contribution in [3.63, 3.8) is 0 Å². The maximum absolute atomic E-state index is 5.20. The molecular formula is C68H49N5. The van der Waals surface area contributed by atoms with E-state index in [2.05, 4.69) is 266 Å². The van der Waals surface area contributed by atoms with E-state index in [9.17, 15) is 0 Å². The van der Waals surface area contributed by atoms with Gasteiger partial charge in [-0.25, -0.2) is 9.97 Å². The van der Waals surface area contributed by atoms with E-state index in [-0.39, 0.29) is 0 Å². The molecule has 73 heavy (non-hydrogen) atoms. The predicted octanol–water partition coefficient (Wildman–Crippen LogP) is 17.7. The molecule has 10 aromatic carbocycles. The SMILES string of the molecule is Cc1ccc(-c2cc(-c3cc(C)c(-c4ccc(-n5c6ccc(-n7c8ccccc8c8ccccc87)cc6c6cc(-n7c8ccccc8c8ccccc87)ccc65)cc4)c(C)c3)nc(-c3ccc(C)cc3)n2)cc1. The lowest BCUT2D eigenvalue weighted by atomic mass is 9.92. The van der Waals surface area contributed by atoms with Gasteiger partial charge in [0.1, 0.15) is 0 Å². The van der Waals surface area contributed by atoms with Crippen molar-refractivity contribution in [2.75, 3.05) is 0 Å². The van der Waals surface area contributed by atoms with Crippen LogP contribution < -0.4 is 0 Å². The third-order valence-electron chi connectivity index (χ3n) is 15.0. The summed E-state index contributed by atoms with van der Waals surface area (Å²) in [6.07, 6.45) is 0. The zero-order chi connectivity index (χ0) is 48.9. The summed E-state index contributed by atoms with van der Waals surface area (Å²) in [6.45, 7) is 8.67. The Morgan fingerprint density at radius 1 is 0.274 bits per heavy atom. The molecule has 0 saturated carbocycles. The molecule has 0 aliphatic heterocycles. The zero-order valence-corrected chi connectivity index (χ0v) is 41.1. The Bertz CT molecular complexity index is 4140. The first-order chi connectivity index (χ1) is 35.8. The molecule has 346 valence electrons. The van der Waals surface area contributed by atoms with Crippen molar-refractivity contribution >= 4 is 65.4 Å². The van der Waals surface area contributed by atoms with Crippen LogP contribution in [0.25, 0.3) is 128 Å². The van der Waals surface area contributed by atoms with Gasteiger partial charge in [0.2, 0.25) is 0 Å². The summed E-state index contributed by atoms with van der Waals surface area (Å²) >= 11 is 0. The molecule has 5 nitrogen and oxygen atoms in total. The Morgan fingerprint density at radius 2 is 0.630 bits per heavy atom. The van der Waals surface area contributed by atoms with Crippen molar-refractivity contribution in [1.82, 2.24) is 23.7 Å². The average Bonchev–Trinajstić information content (AvgIpc) is 4.06. The molecule has 4 heterocycles. The van der Waals surface area contributed by atoms with E-state index >= 15 is 0 Å². The highest BCUT2D eigenvalue weighted by Gasteiger charge is 2.20. The van der Waals surface area contributed by atoms with E-state index in [4.69, 9.17) is 9.97 Å². The molecule has 0 amide bonds. The number of hydrogen-bond donors (Lipinski definition) is 0. The number of benzene rings is 10. The van der Waals surface area contributed by atoms with Crippen LogP contribution in [0, 0.1) is 27.7 Å². The summed E-state index contributed by atoms with van der Waals surface area (Å²) in [5.74, 6) is 0.721. The van der Waals surface area contributed by atoms with Gasteiger partial charge in [-0.15, -0.1) is 0 Å². The van der Waals surface area contributed by atoms with Crippen LogP contribution in [0.5, 0.6) is 0 Å². The number of rotatable bonds is 7. The van der Waals surface area contributed by atoms with Crippen molar-refractivity contribution in [3.05, 3.63) is 247 Å². The van der Waals surface area contributed by atoms with Gasteiger partial charge in [0.15, 0.2) is 5.82 Å². The topological polar surface area (TPSA) is 40.6 Å². The maximum Gasteiger partial charge on any atom is 0.160 e. The summed E-state index contributed by atoms with van der Waals surface area (Å²) in [5, 5.41) is 7.41. The number of aromatic nitrogens is 5. The first kappa shape index (κ1) is 42.5. The molecule has 0 unspecified atom stereocenters. The maximum atomic E-state index is 5.20. The number of hydrogen-bond acceptors (Lipinski definition) is 2. The Balaban J connectivity index is 0.903.